The Morgan fingerprint density at radius 3 is 2.68 bits per heavy atom. The van der Waals surface area contributed by atoms with Crippen molar-refractivity contribution in [3.63, 3.8) is 0 Å². The van der Waals surface area contributed by atoms with Crippen molar-refractivity contribution in [2.75, 3.05) is 12.3 Å². The maximum Gasteiger partial charge on any atom is 0.123 e. The van der Waals surface area contributed by atoms with Crippen molar-refractivity contribution in [1.29, 1.82) is 0 Å². The summed E-state index contributed by atoms with van der Waals surface area (Å²) < 4.78 is 19.5. The highest BCUT2D eigenvalue weighted by Crippen LogP contribution is 2.19. The van der Waals surface area contributed by atoms with Crippen molar-refractivity contribution in [2.45, 2.75) is 13.0 Å². The summed E-state index contributed by atoms with van der Waals surface area (Å²) in [7, 11) is 0. The lowest BCUT2D eigenvalue weighted by Crippen LogP contribution is -2.02. The third-order valence-corrected chi connectivity index (χ3v) is 3.61. The molecule has 0 atom stereocenters. The molecule has 0 aliphatic heterocycles. The van der Waals surface area contributed by atoms with Crippen LogP contribution in [0.2, 0.25) is 0 Å². The van der Waals surface area contributed by atoms with Crippen molar-refractivity contribution in [2.24, 2.45) is 0 Å². The van der Waals surface area contributed by atoms with Crippen molar-refractivity contribution in [3.05, 3.63) is 63.9 Å². The monoisotopic (exact) mass is 323 g/mol. The Kier molecular flexibility index (Phi) is 4.93. The Hall–Kier alpha value is -1.39. The summed E-state index contributed by atoms with van der Waals surface area (Å²) >= 11 is 3.37. The number of hydrogen-bond acceptors (Lipinski definition) is 2. The van der Waals surface area contributed by atoms with E-state index in [1.165, 1.54) is 12.1 Å². The quantitative estimate of drug-likeness (QED) is 0.668. The normalized spacial score (nSPS) is 10.6. The second-order valence-corrected chi connectivity index (χ2v) is 5.09. The van der Waals surface area contributed by atoms with E-state index in [9.17, 15) is 4.39 Å². The Bertz CT molecular complexity index is 560. The molecule has 2 aromatic rings. The van der Waals surface area contributed by atoms with Gasteiger partial charge in [-0.05, 0) is 41.8 Å². The number of rotatable bonds is 5. The predicted molar refractivity (Wildman–Crippen MR) is 78.3 cm³/mol. The van der Waals surface area contributed by atoms with E-state index in [1.807, 2.05) is 24.3 Å². The summed E-state index contributed by atoms with van der Waals surface area (Å²) in [5, 5.41) is 0. The molecule has 0 saturated heterocycles. The smallest absolute Gasteiger partial charge is 0.123 e. The van der Waals surface area contributed by atoms with Crippen LogP contribution in [-0.4, -0.2) is 6.61 Å². The first kappa shape index (κ1) is 14.0. The minimum absolute atomic E-state index is 0.255. The predicted octanol–water partition coefficient (Wildman–Crippen LogP) is 3.93. The van der Waals surface area contributed by atoms with Gasteiger partial charge < -0.3 is 10.5 Å². The van der Waals surface area contributed by atoms with E-state index in [1.54, 1.807) is 6.07 Å². The van der Waals surface area contributed by atoms with Gasteiger partial charge in [0.2, 0.25) is 0 Å². The van der Waals surface area contributed by atoms with Crippen LogP contribution in [0.4, 0.5) is 10.1 Å². The zero-order valence-electron chi connectivity index (χ0n) is 10.4. The summed E-state index contributed by atoms with van der Waals surface area (Å²) in [5.74, 6) is -0.255. The number of ether oxygens (including phenoxy) is 1. The van der Waals surface area contributed by atoms with Crippen LogP contribution >= 0.6 is 15.9 Å². The van der Waals surface area contributed by atoms with E-state index >= 15 is 0 Å². The topological polar surface area (TPSA) is 35.2 Å². The summed E-state index contributed by atoms with van der Waals surface area (Å²) in [5.41, 5.74) is 8.50. The van der Waals surface area contributed by atoms with Crippen LogP contribution in [0.1, 0.15) is 11.1 Å². The van der Waals surface area contributed by atoms with Crippen LogP contribution in [0.15, 0.2) is 46.9 Å². The molecule has 0 radical (unpaired) electrons. The molecule has 4 heteroatoms. The van der Waals surface area contributed by atoms with Gasteiger partial charge in [-0.1, -0.05) is 34.1 Å². The van der Waals surface area contributed by atoms with Crippen LogP contribution in [0.5, 0.6) is 0 Å². The fourth-order valence-electron chi connectivity index (χ4n) is 1.78. The molecule has 0 aromatic heterocycles. The Labute approximate surface area is 120 Å². The van der Waals surface area contributed by atoms with Gasteiger partial charge in [-0.3, -0.25) is 0 Å². The van der Waals surface area contributed by atoms with Gasteiger partial charge in [-0.15, -0.1) is 0 Å². The minimum Gasteiger partial charge on any atom is -0.399 e. The van der Waals surface area contributed by atoms with Gasteiger partial charge in [0.15, 0.2) is 0 Å². The zero-order valence-corrected chi connectivity index (χ0v) is 12.0. The second-order valence-electron chi connectivity index (χ2n) is 4.24. The lowest BCUT2D eigenvalue weighted by atomic mass is 10.1. The third kappa shape index (κ3) is 4.04. The number of anilines is 1. The fraction of sp³-hybridized carbons (Fsp3) is 0.200. The maximum atomic E-state index is 13.1. The SMILES string of the molecule is Nc1ccccc1CCOCc1cc(F)ccc1Br. The van der Waals surface area contributed by atoms with Crippen molar-refractivity contribution in [1.82, 2.24) is 0 Å². The highest BCUT2D eigenvalue weighted by molar-refractivity contribution is 9.10. The van der Waals surface area contributed by atoms with Crippen molar-refractivity contribution in [3.8, 4) is 0 Å². The molecular weight excluding hydrogens is 309 g/mol. The molecule has 0 amide bonds. The van der Waals surface area contributed by atoms with E-state index in [0.29, 0.717) is 13.2 Å². The molecular formula is C15H15BrFNO. The van der Waals surface area contributed by atoms with E-state index in [-0.39, 0.29) is 5.82 Å². The third-order valence-electron chi connectivity index (χ3n) is 2.84. The van der Waals surface area contributed by atoms with Crippen LogP contribution in [0.3, 0.4) is 0 Å². The number of hydrogen-bond donors (Lipinski definition) is 1. The van der Waals surface area contributed by atoms with Crippen LogP contribution in [0, 0.1) is 5.82 Å². The molecule has 0 saturated carbocycles. The molecule has 2 rings (SSSR count). The lowest BCUT2D eigenvalue weighted by molar-refractivity contribution is 0.123. The molecule has 100 valence electrons. The molecule has 0 aliphatic rings. The zero-order chi connectivity index (χ0) is 13.7. The number of nitrogens with two attached hydrogens (primary N) is 1. The number of benzene rings is 2. The summed E-state index contributed by atoms with van der Waals surface area (Å²) in [6.45, 7) is 0.933. The molecule has 0 bridgehead atoms. The minimum atomic E-state index is -0.255. The maximum absolute atomic E-state index is 13.1. The molecule has 19 heavy (non-hydrogen) atoms. The average molecular weight is 324 g/mol. The van der Waals surface area contributed by atoms with E-state index in [0.717, 1.165) is 27.7 Å². The fourth-order valence-corrected chi connectivity index (χ4v) is 2.14. The molecule has 0 spiro atoms. The number of halogens is 2. The molecule has 0 heterocycles. The Balaban J connectivity index is 1.84. The lowest BCUT2D eigenvalue weighted by Gasteiger charge is -2.08. The molecule has 0 fully saturated rings. The van der Waals surface area contributed by atoms with Crippen LogP contribution in [0.25, 0.3) is 0 Å². The Morgan fingerprint density at radius 1 is 1.11 bits per heavy atom. The van der Waals surface area contributed by atoms with Gasteiger partial charge in [-0.25, -0.2) is 4.39 Å². The first-order chi connectivity index (χ1) is 9.16. The largest absolute Gasteiger partial charge is 0.399 e. The van der Waals surface area contributed by atoms with E-state index in [4.69, 9.17) is 10.5 Å². The summed E-state index contributed by atoms with van der Waals surface area (Å²) in [6, 6.07) is 12.3. The van der Waals surface area contributed by atoms with Crippen molar-refractivity contribution >= 4 is 21.6 Å². The van der Waals surface area contributed by atoms with Crippen LogP contribution in [-0.2, 0) is 17.8 Å². The molecule has 0 unspecified atom stereocenters. The second kappa shape index (κ2) is 6.68. The standard InChI is InChI=1S/C15H15BrFNO/c16-14-6-5-13(17)9-12(14)10-19-8-7-11-3-1-2-4-15(11)18/h1-6,9H,7-8,10,18H2. The van der Waals surface area contributed by atoms with Gasteiger partial charge in [0.05, 0.1) is 13.2 Å². The summed E-state index contributed by atoms with van der Waals surface area (Å²) in [6.07, 6.45) is 0.750. The molecule has 0 aliphatic carbocycles. The van der Waals surface area contributed by atoms with E-state index in [2.05, 4.69) is 15.9 Å². The van der Waals surface area contributed by atoms with Gasteiger partial charge in [-0.2, -0.15) is 0 Å². The average Bonchev–Trinajstić information content (AvgIpc) is 2.40. The molecule has 2 N–H and O–H groups in total. The molecule has 2 nitrogen and oxygen atoms in total. The Morgan fingerprint density at radius 2 is 1.89 bits per heavy atom. The first-order valence-electron chi connectivity index (χ1n) is 6.02. The molecule has 2 aromatic carbocycles. The van der Waals surface area contributed by atoms with Gasteiger partial charge in [0.1, 0.15) is 5.82 Å². The summed E-state index contributed by atoms with van der Waals surface area (Å²) in [4.78, 5) is 0. The van der Waals surface area contributed by atoms with Gasteiger partial charge in [0, 0.05) is 10.2 Å². The number of para-hydroxylation sites is 1. The highest BCUT2D eigenvalue weighted by atomic mass is 79.9. The van der Waals surface area contributed by atoms with Crippen molar-refractivity contribution < 1.29 is 9.13 Å². The van der Waals surface area contributed by atoms with Gasteiger partial charge >= 0.3 is 0 Å². The van der Waals surface area contributed by atoms with Crippen LogP contribution < -0.4 is 5.73 Å². The highest BCUT2D eigenvalue weighted by Gasteiger charge is 2.03. The van der Waals surface area contributed by atoms with Gasteiger partial charge in [0.25, 0.3) is 0 Å². The first-order valence-corrected chi connectivity index (χ1v) is 6.81. The van der Waals surface area contributed by atoms with E-state index < -0.39 is 0 Å². The number of nitrogen functional groups attached to an aromatic ring is 1.